The fourth-order valence-corrected chi connectivity index (χ4v) is 1.00. The van der Waals surface area contributed by atoms with Crippen LogP contribution in [0.5, 0.6) is 0 Å². The van der Waals surface area contributed by atoms with Crippen LogP contribution in [-0.4, -0.2) is 24.4 Å². The summed E-state index contributed by atoms with van der Waals surface area (Å²) in [4.78, 5) is 0. The second-order valence-electron chi connectivity index (χ2n) is 3.29. The van der Waals surface area contributed by atoms with Crippen molar-refractivity contribution >= 4 is 0 Å². The molecule has 0 aliphatic rings. The van der Waals surface area contributed by atoms with Crippen LogP contribution in [0.2, 0.25) is 0 Å². The van der Waals surface area contributed by atoms with Crippen LogP contribution in [0.1, 0.15) is 20.8 Å². The van der Waals surface area contributed by atoms with E-state index in [1.54, 1.807) is 7.11 Å². The van der Waals surface area contributed by atoms with Gasteiger partial charge in [-0.25, -0.2) is 0 Å². The van der Waals surface area contributed by atoms with Gasteiger partial charge in [-0.05, 0) is 18.4 Å². The van der Waals surface area contributed by atoms with Gasteiger partial charge in [0.15, 0.2) is 0 Å². The fraction of sp³-hybridized carbons (Fsp3) is 0.778. The van der Waals surface area contributed by atoms with Gasteiger partial charge in [0.05, 0.1) is 6.61 Å². The highest BCUT2D eigenvalue weighted by Gasteiger charge is 2.31. The van der Waals surface area contributed by atoms with E-state index in [2.05, 4.69) is 6.58 Å². The maximum absolute atomic E-state index is 9.94. The zero-order chi connectivity index (χ0) is 9.07. The first-order chi connectivity index (χ1) is 4.95. The van der Waals surface area contributed by atoms with E-state index in [0.717, 1.165) is 5.57 Å². The van der Waals surface area contributed by atoms with Gasteiger partial charge in [-0.2, -0.15) is 0 Å². The molecule has 0 amide bonds. The molecule has 0 aromatic heterocycles. The van der Waals surface area contributed by atoms with Crippen molar-refractivity contribution < 1.29 is 9.84 Å². The Bertz CT molecular complexity index is 140. The Morgan fingerprint density at radius 2 is 2.09 bits per heavy atom. The SMILES string of the molecule is C=C(C)C(O)(COC)C(C)C. The third-order valence-corrected chi connectivity index (χ3v) is 2.06. The van der Waals surface area contributed by atoms with Gasteiger partial charge in [0.1, 0.15) is 5.60 Å². The van der Waals surface area contributed by atoms with Crippen LogP contribution < -0.4 is 0 Å². The van der Waals surface area contributed by atoms with E-state index in [-0.39, 0.29) is 5.92 Å². The monoisotopic (exact) mass is 158 g/mol. The van der Waals surface area contributed by atoms with E-state index >= 15 is 0 Å². The number of methoxy groups -OCH3 is 1. The highest BCUT2D eigenvalue weighted by atomic mass is 16.5. The maximum atomic E-state index is 9.94. The molecule has 0 heterocycles. The zero-order valence-electron chi connectivity index (χ0n) is 7.85. The second kappa shape index (κ2) is 3.88. The molecule has 0 fully saturated rings. The Balaban J connectivity index is 4.38. The molecule has 2 nitrogen and oxygen atoms in total. The Kier molecular flexibility index (Phi) is 3.76. The van der Waals surface area contributed by atoms with E-state index < -0.39 is 5.60 Å². The van der Waals surface area contributed by atoms with Gasteiger partial charge in [-0.15, -0.1) is 0 Å². The first-order valence-corrected chi connectivity index (χ1v) is 3.82. The summed E-state index contributed by atoms with van der Waals surface area (Å²) >= 11 is 0. The molecular weight excluding hydrogens is 140 g/mol. The van der Waals surface area contributed by atoms with Crippen LogP contribution in [0.15, 0.2) is 12.2 Å². The van der Waals surface area contributed by atoms with Crippen molar-refractivity contribution in [2.24, 2.45) is 5.92 Å². The summed E-state index contributed by atoms with van der Waals surface area (Å²) < 4.78 is 4.92. The average molecular weight is 158 g/mol. The minimum absolute atomic E-state index is 0.139. The summed E-state index contributed by atoms with van der Waals surface area (Å²) in [6.45, 7) is 9.78. The molecule has 0 radical (unpaired) electrons. The molecule has 0 aliphatic carbocycles. The molecule has 0 bridgehead atoms. The zero-order valence-corrected chi connectivity index (χ0v) is 7.85. The molecule has 0 spiro atoms. The largest absolute Gasteiger partial charge is 0.383 e. The van der Waals surface area contributed by atoms with E-state index in [0.29, 0.717) is 6.61 Å². The molecule has 0 aromatic rings. The highest BCUT2D eigenvalue weighted by molar-refractivity contribution is 5.10. The quantitative estimate of drug-likeness (QED) is 0.630. The lowest BCUT2D eigenvalue weighted by atomic mass is 9.85. The first-order valence-electron chi connectivity index (χ1n) is 3.82. The van der Waals surface area contributed by atoms with E-state index in [1.165, 1.54) is 0 Å². The van der Waals surface area contributed by atoms with Crippen LogP contribution in [0.3, 0.4) is 0 Å². The van der Waals surface area contributed by atoms with Crippen molar-refractivity contribution in [2.75, 3.05) is 13.7 Å². The predicted octanol–water partition coefficient (Wildman–Crippen LogP) is 1.60. The number of hydrogen-bond donors (Lipinski definition) is 1. The average Bonchev–Trinajstić information content (AvgIpc) is 1.87. The summed E-state index contributed by atoms with van der Waals surface area (Å²) in [5, 5.41) is 9.94. The summed E-state index contributed by atoms with van der Waals surface area (Å²) in [5.41, 5.74) is -0.108. The Morgan fingerprint density at radius 3 is 2.18 bits per heavy atom. The van der Waals surface area contributed by atoms with Gasteiger partial charge < -0.3 is 9.84 Å². The lowest BCUT2D eigenvalue weighted by molar-refractivity contribution is -0.0349. The van der Waals surface area contributed by atoms with Crippen LogP contribution in [-0.2, 0) is 4.74 Å². The molecule has 66 valence electrons. The van der Waals surface area contributed by atoms with Crippen molar-refractivity contribution in [3.05, 3.63) is 12.2 Å². The summed E-state index contributed by atoms with van der Waals surface area (Å²) in [5.74, 6) is 0.139. The fourth-order valence-electron chi connectivity index (χ4n) is 1.00. The number of rotatable bonds is 4. The Morgan fingerprint density at radius 1 is 1.64 bits per heavy atom. The molecule has 2 heteroatoms. The Labute approximate surface area is 68.9 Å². The van der Waals surface area contributed by atoms with Gasteiger partial charge in [-0.1, -0.05) is 20.4 Å². The van der Waals surface area contributed by atoms with Crippen molar-refractivity contribution in [3.8, 4) is 0 Å². The van der Waals surface area contributed by atoms with Crippen LogP contribution >= 0.6 is 0 Å². The third kappa shape index (κ3) is 2.31. The van der Waals surface area contributed by atoms with E-state index in [9.17, 15) is 5.11 Å². The lowest BCUT2D eigenvalue weighted by Gasteiger charge is -2.31. The van der Waals surface area contributed by atoms with E-state index in [1.807, 2.05) is 20.8 Å². The van der Waals surface area contributed by atoms with Crippen LogP contribution in [0, 0.1) is 5.92 Å². The molecule has 1 atom stereocenters. The lowest BCUT2D eigenvalue weighted by Crippen LogP contribution is -2.40. The van der Waals surface area contributed by atoms with Gasteiger partial charge in [-0.3, -0.25) is 0 Å². The maximum Gasteiger partial charge on any atom is 0.111 e. The minimum Gasteiger partial charge on any atom is -0.383 e. The van der Waals surface area contributed by atoms with Gasteiger partial charge in [0, 0.05) is 7.11 Å². The third-order valence-electron chi connectivity index (χ3n) is 2.06. The van der Waals surface area contributed by atoms with Crippen LogP contribution in [0.4, 0.5) is 0 Å². The molecule has 0 aromatic carbocycles. The van der Waals surface area contributed by atoms with Crippen molar-refractivity contribution in [1.82, 2.24) is 0 Å². The standard InChI is InChI=1S/C9H18O2/c1-7(2)9(10,6-11-5)8(3)4/h8,10H,1,6H2,2-5H3. The normalized spacial score (nSPS) is 16.5. The molecule has 1 unspecified atom stereocenters. The van der Waals surface area contributed by atoms with Gasteiger partial charge in [0.25, 0.3) is 0 Å². The molecule has 0 saturated heterocycles. The first kappa shape index (κ1) is 10.7. The highest BCUT2D eigenvalue weighted by Crippen LogP contribution is 2.24. The molecule has 0 saturated carbocycles. The summed E-state index contributed by atoms with van der Waals surface area (Å²) in [6.07, 6.45) is 0. The minimum atomic E-state index is -0.866. The smallest absolute Gasteiger partial charge is 0.111 e. The molecule has 1 N–H and O–H groups in total. The van der Waals surface area contributed by atoms with Gasteiger partial charge >= 0.3 is 0 Å². The predicted molar refractivity (Wildman–Crippen MR) is 46.5 cm³/mol. The van der Waals surface area contributed by atoms with Crippen molar-refractivity contribution in [3.63, 3.8) is 0 Å². The molecular formula is C9H18O2. The van der Waals surface area contributed by atoms with Crippen LogP contribution in [0.25, 0.3) is 0 Å². The van der Waals surface area contributed by atoms with E-state index in [4.69, 9.17) is 4.74 Å². The number of aliphatic hydroxyl groups is 1. The van der Waals surface area contributed by atoms with Gasteiger partial charge in [0.2, 0.25) is 0 Å². The molecule has 0 rings (SSSR count). The molecule has 0 aliphatic heterocycles. The topological polar surface area (TPSA) is 29.5 Å². The van der Waals surface area contributed by atoms with Crippen molar-refractivity contribution in [2.45, 2.75) is 26.4 Å². The summed E-state index contributed by atoms with van der Waals surface area (Å²) in [7, 11) is 1.58. The number of hydrogen-bond acceptors (Lipinski definition) is 2. The Hall–Kier alpha value is -0.340. The molecule has 11 heavy (non-hydrogen) atoms. The second-order valence-corrected chi connectivity index (χ2v) is 3.29. The summed E-state index contributed by atoms with van der Waals surface area (Å²) in [6, 6.07) is 0. The van der Waals surface area contributed by atoms with Crippen molar-refractivity contribution in [1.29, 1.82) is 0 Å². The number of ether oxygens (including phenoxy) is 1.